The number of hydrogen-bond acceptors (Lipinski definition) is 6. The Balaban J connectivity index is 1.54. The third-order valence-corrected chi connectivity index (χ3v) is 7.13. The lowest BCUT2D eigenvalue weighted by molar-refractivity contribution is 0.0660. The summed E-state index contributed by atoms with van der Waals surface area (Å²) in [4.78, 5) is 34.7. The number of likely N-dealkylation sites (N-methyl/N-ethyl adjacent to an activating group) is 1. The van der Waals surface area contributed by atoms with E-state index in [1.54, 1.807) is 47.4 Å². The number of benzene rings is 2. The Morgan fingerprint density at radius 1 is 1.10 bits per heavy atom. The highest BCUT2D eigenvalue weighted by Crippen LogP contribution is 2.31. The number of nitrogens with one attached hydrogen (secondary N) is 1. The second kappa shape index (κ2) is 9.16. The smallest absolute Gasteiger partial charge is 0.256 e. The molecule has 1 saturated heterocycles. The summed E-state index contributed by atoms with van der Waals surface area (Å²) in [5, 5.41) is 2.95. The van der Waals surface area contributed by atoms with Gasteiger partial charge in [-0.25, -0.2) is 4.98 Å². The summed E-state index contributed by atoms with van der Waals surface area (Å²) in [7, 11) is 2.05. The molecule has 8 heteroatoms. The molecule has 4 rings (SSSR count). The second-order valence-electron chi connectivity index (χ2n) is 7.19. The van der Waals surface area contributed by atoms with Crippen molar-refractivity contribution in [2.45, 2.75) is 11.3 Å². The molecular formula is C22H24N4O2S2. The summed E-state index contributed by atoms with van der Waals surface area (Å²) >= 11 is 3.33. The molecule has 1 aliphatic heterocycles. The maximum absolute atomic E-state index is 13.0. The van der Waals surface area contributed by atoms with Crippen LogP contribution in [-0.4, -0.2) is 65.6 Å². The van der Waals surface area contributed by atoms with Gasteiger partial charge in [-0.2, -0.15) is 0 Å². The monoisotopic (exact) mass is 440 g/mol. The maximum atomic E-state index is 13.0. The molecule has 1 aliphatic rings. The minimum absolute atomic E-state index is 0.0898. The van der Waals surface area contributed by atoms with Crippen LogP contribution in [0.2, 0.25) is 0 Å². The van der Waals surface area contributed by atoms with Crippen LogP contribution in [0, 0.1) is 0 Å². The number of rotatable bonds is 5. The number of piperazine rings is 1. The lowest BCUT2D eigenvalue weighted by Crippen LogP contribution is -2.47. The van der Waals surface area contributed by atoms with Crippen molar-refractivity contribution in [1.29, 1.82) is 0 Å². The van der Waals surface area contributed by atoms with E-state index in [9.17, 15) is 9.59 Å². The quantitative estimate of drug-likeness (QED) is 0.607. The average molecular weight is 441 g/mol. The predicted octanol–water partition coefficient (Wildman–Crippen LogP) is 4.05. The maximum Gasteiger partial charge on any atom is 0.256 e. The number of fused-ring (bicyclic) bond motifs is 1. The van der Waals surface area contributed by atoms with E-state index >= 15 is 0 Å². The average Bonchev–Trinajstić information content (AvgIpc) is 3.16. The van der Waals surface area contributed by atoms with E-state index < -0.39 is 0 Å². The highest BCUT2D eigenvalue weighted by Gasteiger charge is 2.24. The van der Waals surface area contributed by atoms with Gasteiger partial charge in [0.15, 0.2) is 4.34 Å². The molecule has 2 aromatic carbocycles. The molecule has 2 heterocycles. The second-order valence-corrected chi connectivity index (χ2v) is 9.73. The highest BCUT2D eigenvalue weighted by molar-refractivity contribution is 8.01. The summed E-state index contributed by atoms with van der Waals surface area (Å²) in [5.41, 5.74) is 2.47. The van der Waals surface area contributed by atoms with Gasteiger partial charge in [-0.15, -0.1) is 11.3 Å². The Morgan fingerprint density at radius 3 is 2.57 bits per heavy atom. The summed E-state index contributed by atoms with van der Waals surface area (Å²) in [6.45, 7) is 5.13. The Kier molecular flexibility index (Phi) is 6.36. The van der Waals surface area contributed by atoms with Crippen LogP contribution >= 0.6 is 23.1 Å². The lowest BCUT2D eigenvalue weighted by Gasteiger charge is -2.32. The first-order valence-corrected chi connectivity index (χ1v) is 11.8. The Hall–Kier alpha value is -2.42. The van der Waals surface area contributed by atoms with Gasteiger partial charge in [0.25, 0.3) is 11.8 Å². The molecule has 0 unspecified atom stereocenters. The minimum Gasteiger partial charge on any atom is -0.336 e. The van der Waals surface area contributed by atoms with Crippen LogP contribution in [0.25, 0.3) is 10.2 Å². The van der Waals surface area contributed by atoms with Crippen molar-refractivity contribution in [3.05, 3.63) is 53.6 Å². The van der Waals surface area contributed by atoms with E-state index in [4.69, 9.17) is 0 Å². The number of anilines is 1. The molecule has 156 valence electrons. The first-order chi connectivity index (χ1) is 14.5. The molecular weight excluding hydrogens is 416 g/mol. The topological polar surface area (TPSA) is 65.5 Å². The van der Waals surface area contributed by atoms with E-state index in [0.29, 0.717) is 29.9 Å². The Labute approximate surface area is 184 Å². The van der Waals surface area contributed by atoms with Gasteiger partial charge in [-0.3, -0.25) is 9.59 Å². The fourth-order valence-electron chi connectivity index (χ4n) is 3.41. The largest absolute Gasteiger partial charge is 0.336 e. The molecule has 0 radical (unpaired) electrons. The first-order valence-electron chi connectivity index (χ1n) is 9.96. The van der Waals surface area contributed by atoms with Crippen LogP contribution < -0.4 is 5.32 Å². The molecule has 6 nitrogen and oxygen atoms in total. The molecule has 1 N–H and O–H groups in total. The molecule has 0 atom stereocenters. The standard InChI is InChI=1S/C22H24N4O2S2/c1-3-29-22-24-18-9-8-15(14-19(18)30-22)23-20(27)16-6-4-5-7-17(16)21(28)26-12-10-25(2)11-13-26/h4-9,14H,3,10-13H2,1-2H3,(H,23,27). The number of aromatic nitrogens is 1. The van der Waals surface area contributed by atoms with Crippen molar-refractivity contribution in [3.63, 3.8) is 0 Å². The first kappa shape index (κ1) is 20.8. The number of carbonyl (C=O) groups excluding carboxylic acids is 2. The predicted molar refractivity (Wildman–Crippen MR) is 124 cm³/mol. The Bertz CT molecular complexity index is 1070. The summed E-state index contributed by atoms with van der Waals surface area (Å²) in [5.74, 6) is 0.606. The molecule has 0 spiro atoms. The van der Waals surface area contributed by atoms with Gasteiger partial charge in [0.05, 0.1) is 21.3 Å². The van der Waals surface area contributed by atoms with Gasteiger partial charge in [-0.1, -0.05) is 30.8 Å². The van der Waals surface area contributed by atoms with Crippen molar-refractivity contribution in [3.8, 4) is 0 Å². The van der Waals surface area contributed by atoms with Gasteiger partial charge in [0.1, 0.15) is 0 Å². The zero-order chi connectivity index (χ0) is 21.1. The molecule has 1 fully saturated rings. The fraction of sp³-hybridized carbons (Fsp3) is 0.318. The zero-order valence-electron chi connectivity index (χ0n) is 17.1. The third kappa shape index (κ3) is 4.50. The molecule has 0 saturated carbocycles. The van der Waals surface area contributed by atoms with Crippen molar-refractivity contribution < 1.29 is 9.59 Å². The molecule has 0 aliphatic carbocycles. The molecule has 3 aromatic rings. The zero-order valence-corrected chi connectivity index (χ0v) is 18.7. The van der Waals surface area contributed by atoms with E-state index in [2.05, 4.69) is 22.1 Å². The molecule has 30 heavy (non-hydrogen) atoms. The van der Waals surface area contributed by atoms with Crippen LogP contribution in [0.5, 0.6) is 0 Å². The van der Waals surface area contributed by atoms with Crippen molar-refractivity contribution in [2.24, 2.45) is 0 Å². The van der Waals surface area contributed by atoms with E-state index in [0.717, 1.165) is 33.4 Å². The van der Waals surface area contributed by atoms with Crippen molar-refractivity contribution in [1.82, 2.24) is 14.8 Å². The van der Waals surface area contributed by atoms with Gasteiger partial charge in [0, 0.05) is 31.9 Å². The highest BCUT2D eigenvalue weighted by atomic mass is 32.2. The van der Waals surface area contributed by atoms with Crippen LogP contribution in [-0.2, 0) is 0 Å². The minimum atomic E-state index is -0.278. The van der Waals surface area contributed by atoms with Gasteiger partial charge in [-0.05, 0) is 43.1 Å². The molecule has 2 amide bonds. The van der Waals surface area contributed by atoms with Gasteiger partial charge < -0.3 is 15.1 Å². The number of amides is 2. The van der Waals surface area contributed by atoms with Crippen molar-refractivity contribution >= 4 is 50.8 Å². The van der Waals surface area contributed by atoms with Gasteiger partial charge in [0.2, 0.25) is 0 Å². The lowest BCUT2D eigenvalue weighted by atomic mass is 10.0. The normalized spacial score (nSPS) is 14.8. The van der Waals surface area contributed by atoms with Gasteiger partial charge >= 0.3 is 0 Å². The fourth-order valence-corrected chi connectivity index (χ4v) is 5.42. The van der Waals surface area contributed by atoms with Crippen molar-refractivity contribution in [2.75, 3.05) is 44.3 Å². The third-order valence-electron chi connectivity index (χ3n) is 5.09. The number of hydrogen-bond donors (Lipinski definition) is 1. The summed E-state index contributed by atoms with van der Waals surface area (Å²) < 4.78 is 2.06. The summed E-state index contributed by atoms with van der Waals surface area (Å²) in [6, 6.07) is 12.7. The van der Waals surface area contributed by atoms with E-state index in [1.807, 2.05) is 30.1 Å². The van der Waals surface area contributed by atoms with Crippen LogP contribution in [0.1, 0.15) is 27.6 Å². The van der Waals surface area contributed by atoms with E-state index in [-0.39, 0.29) is 11.8 Å². The number of nitrogens with zero attached hydrogens (tertiary/aromatic N) is 3. The summed E-state index contributed by atoms with van der Waals surface area (Å²) in [6.07, 6.45) is 0. The Morgan fingerprint density at radius 2 is 1.83 bits per heavy atom. The number of carbonyl (C=O) groups is 2. The molecule has 1 aromatic heterocycles. The number of thiazole rings is 1. The van der Waals surface area contributed by atoms with E-state index in [1.165, 1.54) is 0 Å². The van der Waals surface area contributed by atoms with Crippen LogP contribution in [0.15, 0.2) is 46.8 Å². The van der Waals surface area contributed by atoms with Crippen LogP contribution in [0.3, 0.4) is 0 Å². The van der Waals surface area contributed by atoms with Crippen LogP contribution in [0.4, 0.5) is 5.69 Å². The molecule has 0 bridgehead atoms. The number of thioether (sulfide) groups is 1. The SMILES string of the molecule is CCSc1nc2ccc(NC(=O)c3ccccc3C(=O)N3CCN(C)CC3)cc2s1.